The van der Waals surface area contributed by atoms with Crippen LogP contribution < -0.4 is 5.32 Å². The smallest absolute Gasteiger partial charge is 0.266 e. The fraction of sp³-hybridized carbons (Fsp3) is 1.00. The second-order valence-electron chi connectivity index (χ2n) is 1.96. The van der Waals surface area contributed by atoms with Gasteiger partial charge in [0.1, 0.15) is 0 Å². The van der Waals surface area contributed by atoms with E-state index in [0.29, 0.717) is 0 Å². The minimum Gasteiger partial charge on any atom is -0.306 e. The number of alkyl halides is 4. The molecule has 0 saturated carbocycles. The van der Waals surface area contributed by atoms with E-state index < -0.39 is 31.3 Å². The number of piperidine rings is 1. The molecule has 1 fully saturated rings. The highest BCUT2D eigenvalue weighted by Gasteiger charge is 2.46. The molecule has 1 aliphatic rings. The van der Waals surface area contributed by atoms with Gasteiger partial charge in [0.15, 0.2) is 0 Å². The van der Waals surface area contributed by atoms with Gasteiger partial charge in [0.05, 0.1) is 19.4 Å². The van der Waals surface area contributed by atoms with Crippen molar-refractivity contribution in [2.75, 3.05) is 13.0 Å². The van der Waals surface area contributed by atoms with Gasteiger partial charge < -0.3 is 5.32 Å². The largest absolute Gasteiger partial charge is 0.306 e. The molecule has 0 aromatic rings. The molecule has 11 heavy (non-hydrogen) atoms. The summed E-state index contributed by atoms with van der Waals surface area (Å²) in [6.45, 7) is -6.95. The molecule has 0 aromatic carbocycles. The van der Waals surface area contributed by atoms with E-state index in [1.807, 2.05) is 0 Å². The molecule has 0 amide bonds. The van der Waals surface area contributed by atoms with Crippen LogP contribution in [-0.4, -0.2) is 24.8 Å². The van der Waals surface area contributed by atoms with E-state index in [2.05, 4.69) is 0 Å². The standard InChI is InChI=1S/C5H7F4N.ClH/c6-4(7)1-5(8,9)3-10-2-4;/h10H,1-3H2;1H/i2D2,3D2;. The zero-order valence-corrected chi connectivity index (χ0v) is 5.94. The molecule has 1 rings (SSSR count). The van der Waals surface area contributed by atoms with Crippen molar-refractivity contribution in [1.82, 2.24) is 5.32 Å². The van der Waals surface area contributed by atoms with Crippen LogP contribution in [-0.2, 0) is 0 Å². The number of hydrogen-bond acceptors (Lipinski definition) is 1. The fourth-order valence-corrected chi connectivity index (χ4v) is 0.581. The molecule has 6 heteroatoms. The Morgan fingerprint density at radius 2 is 1.45 bits per heavy atom. The van der Waals surface area contributed by atoms with Gasteiger partial charge in [-0.3, -0.25) is 0 Å². The van der Waals surface area contributed by atoms with Gasteiger partial charge in [0.25, 0.3) is 11.8 Å². The van der Waals surface area contributed by atoms with Gasteiger partial charge in [-0.15, -0.1) is 12.4 Å². The minimum absolute atomic E-state index is 0. The molecule has 1 saturated heterocycles. The molecular weight excluding hydrogens is 186 g/mol. The SMILES string of the molecule is Cl.[2H]C1([2H])NC([2H])([2H])C(F)(F)CC1(F)F. The quantitative estimate of drug-likeness (QED) is 0.583. The molecule has 1 N–H and O–H groups in total. The zero-order valence-electron chi connectivity index (χ0n) is 9.13. The molecule has 0 atom stereocenters. The van der Waals surface area contributed by atoms with Crippen molar-refractivity contribution in [3.05, 3.63) is 0 Å². The summed E-state index contributed by atoms with van der Waals surface area (Å²) in [7, 11) is 0. The lowest BCUT2D eigenvalue weighted by Gasteiger charge is -2.29. The second-order valence-corrected chi connectivity index (χ2v) is 1.96. The summed E-state index contributed by atoms with van der Waals surface area (Å²) in [5.41, 5.74) is 0. The van der Waals surface area contributed by atoms with Crippen LogP contribution in [0.1, 0.15) is 11.9 Å². The van der Waals surface area contributed by atoms with Crippen LogP contribution in [0, 0.1) is 0 Å². The first-order valence-corrected chi connectivity index (χ1v) is 2.46. The second kappa shape index (κ2) is 3.15. The van der Waals surface area contributed by atoms with Crippen molar-refractivity contribution in [2.45, 2.75) is 18.3 Å². The monoisotopic (exact) mass is 197 g/mol. The number of rotatable bonds is 0. The average molecular weight is 198 g/mol. The van der Waals surface area contributed by atoms with Crippen LogP contribution in [0.3, 0.4) is 0 Å². The molecule has 0 bridgehead atoms. The summed E-state index contributed by atoms with van der Waals surface area (Å²) in [5, 5.41) is 0.979. The van der Waals surface area contributed by atoms with Crippen molar-refractivity contribution in [2.24, 2.45) is 0 Å². The third kappa shape index (κ3) is 3.25. The first-order chi connectivity index (χ1) is 5.91. The molecule has 0 spiro atoms. The molecule has 1 aliphatic heterocycles. The molecule has 0 unspecified atom stereocenters. The Kier molecular flexibility index (Phi) is 1.60. The third-order valence-electron chi connectivity index (χ3n) is 0.935. The summed E-state index contributed by atoms with van der Waals surface area (Å²) in [5.74, 6) is -8.61. The number of hydrogen-bond donors (Lipinski definition) is 1. The zero-order chi connectivity index (χ0) is 11.4. The van der Waals surface area contributed by atoms with E-state index >= 15 is 0 Å². The Hall–Kier alpha value is -0.0300. The topological polar surface area (TPSA) is 12.0 Å². The normalized spacial score (nSPS) is 41.8. The van der Waals surface area contributed by atoms with E-state index in [9.17, 15) is 17.6 Å². The molecule has 0 radical (unpaired) electrons. The molecule has 0 aromatic heterocycles. The van der Waals surface area contributed by atoms with E-state index in [1.165, 1.54) is 0 Å². The Morgan fingerprint density at radius 1 is 1.09 bits per heavy atom. The molecule has 0 aliphatic carbocycles. The lowest BCUT2D eigenvalue weighted by atomic mass is 10.1. The maximum atomic E-state index is 12.7. The summed E-state index contributed by atoms with van der Waals surface area (Å²) in [6.07, 6.45) is -2.15. The average Bonchev–Trinajstić information content (AvgIpc) is 1.78. The van der Waals surface area contributed by atoms with Crippen LogP contribution in [0.5, 0.6) is 0 Å². The Morgan fingerprint density at radius 3 is 1.73 bits per heavy atom. The summed E-state index contributed by atoms with van der Waals surface area (Å²) >= 11 is 0. The van der Waals surface area contributed by atoms with Crippen LogP contribution in [0.15, 0.2) is 0 Å². The fourth-order valence-electron chi connectivity index (χ4n) is 0.581. The van der Waals surface area contributed by atoms with Gasteiger partial charge in [0, 0.05) is 5.48 Å². The molecule has 68 valence electrons. The third-order valence-corrected chi connectivity index (χ3v) is 0.935. The lowest BCUT2D eigenvalue weighted by Crippen LogP contribution is -2.50. The number of halogens is 5. The maximum absolute atomic E-state index is 12.7. The van der Waals surface area contributed by atoms with Gasteiger partial charge in [-0.2, -0.15) is 0 Å². The Balaban J connectivity index is 0.00000196. The van der Waals surface area contributed by atoms with Gasteiger partial charge in [-0.1, -0.05) is 0 Å². The summed E-state index contributed by atoms with van der Waals surface area (Å²) in [4.78, 5) is 0. The van der Waals surface area contributed by atoms with Crippen LogP contribution >= 0.6 is 12.4 Å². The van der Waals surface area contributed by atoms with Crippen LogP contribution in [0.4, 0.5) is 17.6 Å². The van der Waals surface area contributed by atoms with Crippen molar-refractivity contribution < 1.29 is 23.0 Å². The first-order valence-electron chi connectivity index (χ1n) is 4.46. The lowest BCUT2D eigenvalue weighted by molar-refractivity contribution is -0.131. The van der Waals surface area contributed by atoms with Crippen molar-refractivity contribution in [3.63, 3.8) is 0 Å². The van der Waals surface area contributed by atoms with E-state index in [0.717, 1.165) is 5.32 Å². The van der Waals surface area contributed by atoms with Gasteiger partial charge in [-0.25, -0.2) is 17.6 Å². The van der Waals surface area contributed by atoms with Crippen molar-refractivity contribution >= 4 is 12.4 Å². The Bertz CT molecular complexity index is 209. The summed E-state index contributed by atoms with van der Waals surface area (Å²) in [6, 6.07) is 0. The Labute approximate surface area is 73.2 Å². The van der Waals surface area contributed by atoms with E-state index in [4.69, 9.17) is 5.48 Å². The predicted octanol–water partition coefficient (Wildman–Crippen LogP) is 1.67. The minimum atomic E-state index is -4.30. The predicted molar refractivity (Wildman–Crippen MR) is 34.6 cm³/mol. The van der Waals surface area contributed by atoms with Crippen LogP contribution in [0.25, 0.3) is 0 Å². The van der Waals surface area contributed by atoms with Crippen molar-refractivity contribution in [3.8, 4) is 0 Å². The van der Waals surface area contributed by atoms with Gasteiger partial charge >= 0.3 is 0 Å². The highest BCUT2D eigenvalue weighted by molar-refractivity contribution is 5.85. The number of nitrogens with one attached hydrogen (secondary N) is 1. The van der Waals surface area contributed by atoms with E-state index in [-0.39, 0.29) is 12.4 Å². The highest BCUT2D eigenvalue weighted by Crippen LogP contribution is 2.32. The van der Waals surface area contributed by atoms with Gasteiger partial charge in [0.2, 0.25) is 0 Å². The van der Waals surface area contributed by atoms with Gasteiger partial charge in [-0.05, 0) is 0 Å². The maximum Gasteiger partial charge on any atom is 0.266 e. The van der Waals surface area contributed by atoms with E-state index in [1.54, 1.807) is 0 Å². The van der Waals surface area contributed by atoms with Crippen molar-refractivity contribution in [1.29, 1.82) is 0 Å². The molecular formula is C5H8ClF4N. The molecule has 1 nitrogen and oxygen atoms in total. The summed E-state index contributed by atoms with van der Waals surface area (Å²) < 4.78 is 77.7. The van der Waals surface area contributed by atoms with Crippen LogP contribution in [0.2, 0.25) is 0 Å². The highest BCUT2D eigenvalue weighted by atomic mass is 35.5. The molecule has 1 heterocycles. The first kappa shape index (κ1) is 5.59.